The van der Waals surface area contributed by atoms with Crippen LogP contribution in [0.3, 0.4) is 0 Å². The Kier molecular flexibility index (Phi) is 7.20. The number of aliphatic hydroxyl groups excluding tert-OH is 1. The Morgan fingerprint density at radius 1 is 1.15 bits per heavy atom. The standard InChI is InChI=1S/C26H25FN2O5/c1-33-23-9-5-3-7-20(23)26(32)28-19-12-10-17(11-13-19)25(31)22-15-34-16-24(30)29(22)14-18-6-2-4-8-21(18)27/h2-13,22,25,31H,14-16H2,1H3,(H,28,32)/t22-,25-/m1/s1. The molecule has 0 saturated carbocycles. The van der Waals surface area contributed by atoms with E-state index in [1.54, 1.807) is 66.7 Å². The quantitative estimate of drug-likeness (QED) is 0.559. The first-order valence-electron chi connectivity index (χ1n) is 10.8. The number of rotatable bonds is 7. The highest BCUT2D eigenvalue weighted by Crippen LogP contribution is 2.27. The molecule has 3 aromatic carbocycles. The van der Waals surface area contributed by atoms with Crippen molar-refractivity contribution in [1.82, 2.24) is 4.90 Å². The normalized spacial score (nSPS) is 16.7. The Morgan fingerprint density at radius 2 is 1.85 bits per heavy atom. The maximum absolute atomic E-state index is 14.2. The molecule has 1 heterocycles. The number of para-hydroxylation sites is 1. The number of hydrogen-bond acceptors (Lipinski definition) is 5. The summed E-state index contributed by atoms with van der Waals surface area (Å²) in [6.45, 7) is 0.0306. The monoisotopic (exact) mass is 464 g/mol. The molecule has 1 saturated heterocycles. The fraction of sp³-hybridized carbons (Fsp3) is 0.231. The molecule has 3 aromatic rings. The minimum absolute atomic E-state index is 0.0314. The number of anilines is 1. The highest BCUT2D eigenvalue weighted by molar-refractivity contribution is 6.06. The molecular weight excluding hydrogens is 439 g/mol. The molecule has 7 nitrogen and oxygen atoms in total. The van der Waals surface area contributed by atoms with Crippen molar-refractivity contribution in [1.29, 1.82) is 0 Å². The van der Waals surface area contributed by atoms with Gasteiger partial charge in [0.1, 0.15) is 24.3 Å². The lowest BCUT2D eigenvalue weighted by Gasteiger charge is -2.38. The number of nitrogens with zero attached hydrogens (tertiary/aromatic N) is 1. The minimum atomic E-state index is -1.06. The van der Waals surface area contributed by atoms with Crippen molar-refractivity contribution < 1.29 is 28.6 Å². The van der Waals surface area contributed by atoms with Crippen LogP contribution in [0.15, 0.2) is 72.8 Å². The molecule has 8 heteroatoms. The van der Waals surface area contributed by atoms with E-state index < -0.39 is 18.0 Å². The first kappa shape index (κ1) is 23.4. The molecule has 4 rings (SSSR count). The number of hydrogen-bond donors (Lipinski definition) is 2. The second-order valence-corrected chi connectivity index (χ2v) is 7.92. The van der Waals surface area contributed by atoms with Gasteiger partial charge in [-0.25, -0.2) is 4.39 Å². The molecule has 34 heavy (non-hydrogen) atoms. The van der Waals surface area contributed by atoms with Gasteiger partial charge in [-0.2, -0.15) is 0 Å². The van der Waals surface area contributed by atoms with Crippen LogP contribution in [0, 0.1) is 5.82 Å². The van der Waals surface area contributed by atoms with E-state index in [4.69, 9.17) is 9.47 Å². The van der Waals surface area contributed by atoms with Crippen LogP contribution < -0.4 is 10.1 Å². The third-order valence-corrected chi connectivity index (χ3v) is 5.76. The Balaban J connectivity index is 1.48. The van der Waals surface area contributed by atoms with Crippen LogP contribution in [0.5, 0.6) is 5.75 Å². The van der Waals surface area contributed by atoms with E-state index in [-0.39, 0.29) is 31.6 Å². The summed E-state index contributed by atoms with van der Waals surface area (Å²) in [5, 5.41) is 13.8. The highest BCUT2D eigenvalue weighted by Gasteiger charge is 2.35. The van der Waals surface area contributed by atoms with Crippen molar-refractivity contribution in [2.45, 2.75) is 18.7 Å². The van der Waals surface area contributed by atoms with E-state index >= 15 is 0 Å². The van der Waals surface area contributed by atoms with E-state index in [9.17, 15) is 19.1 Å². The predicted octanol–water partition coefficient (Wildman–Crippen LogP) is 3.55. The summed E-state index contributed by atoms with van der Waals surface area (Å²) in [6.07, 6.45) is -1.06. The number of nitrogens with one attached hydrogen (secondary N) is 1. The topological polar surface area (TPSA) is 88.1 Å². The molecule has 0 spiro atoms. The van der Waals surface area contributed by atoms with Crippen LogP contribution in [0.2, 0.25) is 0 Å². The summed E-state index contributed by atoms with van der Waals surface area (Å²) in [5.74, 6) is -0.596. The SMILES string of the molecule is COc1ccccc1C(=O)Nc1ccc([C@@H](O)[C@H]2COCC(=O)N2Cc2ccccc2F)cc1. The molecular formula is C26H25FN2O5. The minimum Gasteiger partial charge on any atom is -0.496 e. The van der Waals surface area contributed by atoms with Crippen LogP contribution in [-0.4, -0.2) is 48.2 Å². The Bertz CT molecular complexity index is 1170. The van der Waals surface area contributed by atoms with E-state index in [1.807, 2.05) is 0 Å². The molecule has 2 atom stereocenters. The summed E-state index contributed by atoms with van der Waals surface area (Å²) in [7, 11) is 1.50. The van der Waals surface area contributed by atoms with Gasteiger partial charge >= 0.3 is 0 Å². The van der Waals surface area contributed by atoms with Crippen molar-refractivity contribution in [3.8, 4) is 5.75 Å². The van der Waals surface area contributed by atoms with Gasteiger partial charge in [0, 0.05) is 17.8 Å². The van der Waals surface area contributed by atoms with Crippen LogP contribution >= 0.6 is 0 Å². The number of morpholine rings is 1. The van der Waals surface area contributed by atoms with Crippen LogP contribution in [-0.2, 0) is 16.1 Å². The maximum atomic E-state index is 14.2. The number of ether oxygens (including phenoxy) is 2. The summed E-state index contributed by atoms with van der Waals surface area (Å²) in [5.41, 5.74) is 1.84. The van der Waals surface area contributed by atoms with E-state index in [2.05, 4.69) is 5.32 Å². The molecule has 0 aliphatic carbocycles. The fourth-order valence-corrected chi connectivity index (χ4v) is 3.92. The summed E-state index contributed by atoms with van der Waals surface area (Å²) < 4.78 is 24.8. The smallest absolute Gasteiger partial charge is 0.259 e. The van der Waals surface area contributed by atoms with Crippen LogP contribution in [0.25, 0.3) is 0 Å². The lowest BCUT2D eigenvalue weighted by atomic mass is 9.99. The molecule has 0 radical (unpaired) electrons. The first-order valence-corrected chi connectivity index (χ1v) is 10.8. The van der Waals surface area contributed by atoms with Crippen molar-refractivity contribution >= 4 is 17.5 Å². The highest BCUT2D eigenvalue weighted by atomic mass is 19.1. The van der Waals surface area contributed by atoms with Gasteiger partial charge in [-0.1, -0.05) is 42.5 Å². The Morgan fingerprint density at radius 3 is 2.59 bits per heavy atom. The molecule has 0 unspecified atom stereocenters. The molecule has 1 fully saturated rings. The van der Waals surface area contributed by atoms with Gasteiger partial charge in [-0.3, -0.25) is 9.59 Å². The maximum Gasteiger partial charge on any atom is 0.259 e. The molecule has 2 N–H and O–H groups in total. The molecule has 2 amide bonds. The summed E-state index contributed by atoms with van der Waals surface area (Å²) in [6, 6.07) is 19.1. The van der Waals surface area contributed by atoms with Crippen molar-refractivity contribution in [2.24, 2.45) is 0 Å². The number of amides is 2. The fourth-order valence-electron chi connectivity index (χ4n) is 3.92. The molecule has 1 aliphatic rings. The molecule has 176 valence electrons. The lowest BCUT2D eigenvalue weighted by molar-refractivity contribution is -0.155. The number of aliphatic hydroxyl groups is 1. The molecule has 1 aliphatic heterocycles. The second-order valence-electron chi connectivity index (χ2n) is 7.92. The van der Waals surface area contributed by atoms with Gasteiger partial charge in [-0.05, 0) is 35.9 Å². The van der Waals surface area contributed by atoms with Gasteiger partial charge in [0.2, 0.25) is 5.91 Å². The second kappa shape index (κ2) is 10.5. The largest absolute Gasteiger partial charge is 0.496 e. The van der Waals surface area contributed by atoms with Gasteiger partial charge in [-0.15, -0.1) is 0 Å². The van der Waals surface area contributed by atoms with Crippen molar-refractivity contribution in [3.63, 3.8) is 0 Å². The summed E-state index contributed by atoms with van der Waals surface area (Å²) in [4.78, 5) is 26.6. The number of carbonyl (C=O) groups is 2. The average Bonchev–Trinajstić information content (AvgIpc) is 2.86. The van der Waals surface area contributed by atoms with Crippen LogP contribution in [0.1, 0.15) is 27.6 Å². The van der Waals surface area contributed by atoms with Gasteiger partial charge < -0.3 is 24.8 Å². The van der Waals surface area contributed by atoms with Gasteiger partial charge in [0.15, 0.2) is 0 Å². The third-order valence-electron chi connectivity index (χ3n) is 5.76. The zero-order chi connectivity index (χ0) is 24.1. The van der Waals surface area contributed by atoms with Crippen LogP contribution in [0.4, 0.5) is 10.1 Å². The number of carbonyl (C=O) groups excluding carboxylic acids is 2. The number of halogens is 1. The van der Waals surface area contributed by atoms with E-state index in [1.165, 1.54) is 18.1 Å². The average molecular weight is 464 g/mol. The Hall–Kier alpha value is -3.75. The van der Waals surface area contributed by atoms with Gasteiger partial charge in [0.05, 0.1) is 25.3 Å². The zero-order valence-corrected chi connectivity index (χ0v) is 18.6. The van der Waals surface area contributed by atoms with Crippen molar-refractivity contribution in [3.05, 3.63) is 95.3 Å². The van der Waals surface area contributed by atoms with Gasteiger partial charge in [0.25, 0.3) is 5.91 Å². The van der Waals surface area contributed by atoms with E-state index in [0.29, 0.717) is 28.1 Å². The number of methoxy groups -OCH3 is 1. The first-order chi connectivity index (χ1) is 16.5. The Labute approximate surface area is 196 Å². The summed E-state index contributed by atoms with van der Waals surface area (Å²) >= 11 is 0. The number of benzene rings is 3. The third kappa shape index (κ3) is 5.08. The lowest BCUT2D eigenvalue weighted by Crippen LogP contribution is -2.51. The predicted molar refractivity (Wildman–Crippen MR) is 124 cm³/mol. The molecule has 0 bridgehead atoms. The van der Waals surface area contributed by atoms with E-state index in [0.717, 1.165) is 0 Å². The molecule has 0 aromatic heterocycles. The zero-order valence-electron chi connectivity index (χ0n) is 18.6. The van der Waals surface area contributed by atoms with Crippen molar-refractivity contribution in [2.75, 3.05) is 25.6 Å².